The van der Waals surface area contributed by atoms with Crippen molar-refractivity contribution in [2.75, 3.05) is 0 Å². The molecule has 0 heterocycles. The van der Waals surface area contributed by atoms with Gasteiger partial charge in [0.25, 0.3) is 0 Å². The summed E-state index contributed by atoms with van der Waals surface area (Å²) in [5, 5.41) is -0.264. The van der Waals surface area contributed by atoms with E-state index in [0.29, 0.717) is 0 Å². The molecule has 0 nitrogen and oxygen atoms in total. The number of rotatable bonds is 4. The fourth-order valence-corrected chi connectivity index (χ4v) is 2.35. The summed E-state index contributed by atoms with van der Waals surface area (Å²) in [5.74, 6) is -1.08. The first-order chi connectivity index (χ1) is 9.09. The van der Waals surface area contributed by atoms with Crippen LogP contribution in [-0.2, 0) is 6.42 Å². The summed E-state index contributed by atoms with van der Waals surface area (Å²) < 4.78 is 27.2. The van der Waals surface area contributed by atoms with Crippen LogP contribution < -0.4 is 0 Å². The molecule has 0 saturated carbocycles. The van der Waals surface area contributed by atoms with Gasteiger partial charge in [-0.05, 0) is 30.0 Å². The number of hydrogen-bond donors (Lipinski definition) is 0. The second-order valence-corrected chi connectivity index (χ2v) is 5.16. The van der Waals surface area contributed by atoms with E-state index in [1.807, 2.05) is 37.3 Å². The zero-order valence-electron chi connectivity index (χ0n) is 10.6. The van der Waals surface area contributed by atoms with E-state index in [0.717, 1.165) is 5.56 Å². The Hall–Kier alpha value is -1.41. The Balaban J connectivity index is 2.15. The predicted molar refractivity (Wildman–Crippen MR) is 74.3 cm³/mol. The van der Waals surface area contributed by atoms with Gasteiger partial charge in [0.05, 0.1) is 5.38 Å². The molecule has 0 fully saturated rings. The molecule has 2 atom stereocenters. The van der Waals surface area contributed by atoms with Crippen molar-refractivity contribution in [3.63, 3.8) is 0 Å². The topological polar surface area (TPSA) is 0 Å². The fraction of sp³-hybridized carbons (Fsp3) is 0.250. The van der Waals surface area contributed by atoms with Gasteiger partial charge in [-0.15, -0.1) is 11.6 Å². The van der Waals surface area contributed by atoms with E-state index < -0.39 is 11.6 Å². The summed E-state index contributed by atoms with van der Waals surface area (Å²) in [6.45, 7) is 1.90. The SMILES string of the molecule is CC(Cc1c(F)cccc1F)C(Cl)c1ccccc1. The lowest BCUT2D eigenvalue weighted by Crippen LogP contribution is -2.10. The molecular weight excluding hydrogens is 266 g/mol. The van der Waals surface area contributed by atoms with Gasteiger partial charge in [0, 0.05) is 5.56 Å². The summed E-state index contributed by atoms with van der Waals surface area (Å²) in [6.07, 6.45) is 0.279. The van der Waals surface area contributed by atoms with Crippen LogP contribution >= 0.6 is 11.6 Å². The average molecular weight is 281 g/mol. The van der Waals surface area contributed by atoms with Crippen molar-refractivity contribution >= 4 is 11.6 Å². The van der Waals surface area contributed by atoms with E-state index in [1.165, 1.54) is 18.2 Å². The normalized spacial score (nSPS) is 14.1. The molecule has 0 N–H and O–H groups in total. The minimum atomic E-state index is -0.510. The van der Waals surface area contributed by atoms with E-state index >= 15 is 0 Å². The van der Waals surface area contributed by atoms with Gasteiger partial charge in [-0.3, -0.25) is 0 Å². The first kappa shape index (κ1) is 14.0. The van der Waals surface area contributed by atoms with Crippen molar-refractivity contribution in [1.82, 2.24) is 0 Å². The molecule has 0 aliphatic rings. The van der Waals surface area contributed by atoms with Gasteiger partial charge in [-0.2, -0.15) is 0 Å². The molecule has 0 amide bonds. The van der Waals surface area contributed by atoms with Crippen molar-refractivity contribution in [1.29, 1.82) is 0 Å². The van der Waals surface area contributed by atoms with Crippen LogP contribution in [0.2, 0.25) is 0 Å². The lowest BCUT2D eigenvalue weighted by Gasteiger charge is -2.19. The lowest BCUT2D eigenvalue weighted by atomic mass is 9.93. The summed E-state index contributed by atoms with van der Waals surface area (Å²) in [7, 11) is 0. The molecule has 2 unspecified atom stereocenters. The molecule has 0 aliphatic heterocycles. The third-order valence-corrected chi connectivity index (χ3v) is 3.89. The Morgan fingerprint density at radius 3 is 2.11 bits per heavy atom. The van der Waals surface area contributed by atoms with E-state index in [-0.39, 0.29) is 23.3 Å². The van der Waals surface area contributed by atoms with Crippen LogP contribution in [0.1, 0.15) is 23.4 Å². The molecule has 0 radical (unpaired) electrons. The van der Waals surface area contributed by atoms with Crippen molar-refractivity contribution in [2.24, 2.45) is 5.92 Å². The quantitative estimate of drug-likeness (QED) is 0.682. The maximum absolute atomic E-state index is 13.6. The second-order valence-electron chi connectivity index (χ2n) is 4.69. The highest BCUT2D eigenvalue weighted by Crippen LogP contribution is 2.32. The van der Waals surface area contributed by atoms with E-state index in [1.54, 1.807) is 0 Å². The Bertz CT molecular complexity index is 519. The Kier molecular flexibility index (Phi) is 4.54. The molecule has 0 spiro atoms. The van der Waals surface area contributed by atoms with E-state index in [4.69, 9.17) is 11.6 Å². The Labute approximate surface area is 117 Å². The molecule has 2 rings (SSSR count). The monoisotopic (exact) mass is 280 g/mol. The van der Waals surface area contributed by atoms with Gasteiger partial charge >= 0.3 is 0 Å². The predicted octanol–water partition coefficient (Wildman–Crippen LogP) is 5.12. The zero-order valence-corrected chi connectivity index (χ0v) is 11.4. The molecule has 0 aliphatic carbocycles. The summed E-state index contributed by atoms with van der Waals surface area (Å²) in [6, 6.07) is 13.5. The van der Waals surface area contributed by atoms with Crippen molar-refractivity contribution in [3.05, 3.63) is 71.3 Å². The highest BCUT2D eigenvalue weighted by molar-refractivity contribution is 6.21. The number of benzene rings is 2. The van der Waals surface area contributed by atoms with Crippen LogP contribution in [-0.4, -0.2) is 0 Å². The first-order valence-electron chi connectivity index (χ1n) is 6.21. The summed E-state index contributed by atoms with van der Waals surface area (Å²) in [5.41, 5.74) is 1.07. The smallest absolute Gasteiger partial charge is 0.129 e. The molecule has 0 saturated heterocycles. The minimum Gasteiger partial charge on any atom is -0.207 e. The van der Waals surface area contributed by atoms with Crippen LogP contribution in [0.25, 0.3) is 0 Å². The number of halogens is 3. The summed E-state index contributed by atoms with van der Waals surface area (Å²) >= 11 is 6.37. The van der Waals surface area contributed by atoms with Crippen LogP contribution in [0.3, 0.4) is 0 Å². The Morgan fingerprint density at radius 1 is 0.947 bits per heavy atom. The van der Waals surface area contributed by atoms with Crippen LogP contribution in [0, 0.1) is 17.6 Å². The molecule has 0 aromatic heterocycles. The van der Waals surface area contributed by atoms with Gasteiger partial charge < -0.3 is 0 Å². The highest BCUT2D eigenvalue weighted by Gasteiger charge is 2.20. The second kappa shape index (κ2) is 6.16. The third-order valence-electron chi connectivity index (χ3n) is 3.21. The average Bonchev–Trinajstić information content (AvgIpc) is 2.43. The number of alkyl halides is 1. The lowest BCUT2D eigenvalue weighted by molar-refractivity contribution is 0.497. The van der Waals surface area contributed by atoms with E-state index in [2.05, 4.69) is 0 Å². The van der Waals surface area contributed by atoms with Gasteiger partial charge in [0.1, 0.15) is 11.6 Å². The van der Waals surface area contributed by atoms with Crippen LogP contribution in [0.5, 0.6) is 0 Å². The van der Waals surface area contributed by atoms with Gasteiger partial charge in [-0.25, -0.2) is 8.78 Å². The molecule has 2 aromatic carbocycles. The molecule has 19 heavy (non-hydrogen) atoms. The number of hydrogen-bond acceptors (Lipinski definition) is 0. The third kappa shape index (κ3) is 3.32. The van der Waals surface area contributed by atoms with Crippen LogP contribution in [0.4, 0.5) is 8.78 Å². The fourth-order valence-electron chi connectivity index (χ4n) is 2.12. The van der Waals surface area contributed by atoms with Crippen molar-refractivity contribution < 1.29 is 8.78 Å². The standard InChI is InChI=1S/C16H15ClF2/c1-11(16(17)12-6-3-2-4-7-12)10-13-14(18)8-5-9-15(13)19/h2-9,11,16H,10H2,1H3. The Morgan fingerprint density at radius 2 is 1.53 bits per heavy atom. The first-order valence-corrected chi connectivity index (χ1v) is 6.65. The minimum absolute atomic E-state index is 0.0598. The highest BCUT2D eigenvalue weighted by atomic mass is 35.5. The molecule has 100 valence electrons. The molecule has 2 aromatic rings. The zero-order chi connectivity index (χ0) is 13.8. The largest absolute Gasteiger partial charge is 0.207 e. The van der Waals surface area contributed by atoms with E-state index in [9.17, 15) is 8.78 Å². The maximum Gasteiger partial charge on any atom is 0.129 e. The van der Waals surface area contributed by atoms with Crippen LogP contribution in [0.15, 0.2) is 48.5 Å². The summed E-state index contributed by atoms with van der Waals surface area (Å²) in [4.78, 5) is 0. The molecule has 3 heteroatoms. The van der Waals surface area contributed by atoms with Crippen molar-refractivity contribution in [3.8, 4) is 0 Å². The van der Waals surface area contributed by atoms with Gasteiger partial charge in [-0.1, -0.05) is 43.3 Å². The van der Waals surface area contributed by atoms with Gasteiger partial charge in [0.2, 0.25) is 0 Å². The molecule has 0 bridgehead atoms. The molecular formula is C16H15ClF2. The van der Waals surface area contributed by atoms with Gasteiger partial charge in [0.15, 0.2) is 0 Å². The maximum atomic E-state index is 13.6. The van der Waals surface area contributed by atoms with Crippen molar-refractivity contribution in [2.45, 2.75) is 18.7 Å².